The van der Waals surface area contributed by atoms with Crippen molar-refractivity contribution in [3.63, 3.8) is 0 Å². The van der Waals surface area contributed by atoms with Crippen molar-refractivity contribution in [2.45, 2.75) is 13.3 Å². The van der Waals surface area contributed by atoms with Crippen LogP contribution in [0.25, 0.3) is 0 Å². The van der Waals surface area contributed by atoms with Crippen LogP contribution >= 0.6 is 11.5 Å². The van der Waals surface area contributed by atoms with Gasteiger partial charge in [0.25, 0.3) is 0 Å². The molecule has 1 fully saturated rings. The van der Waals surface area contributed by atoms with E-state index in [2.05, 4.69) is 9.36 Å². The van der Waals surface area contributed by atoms with E-state index in [1.54, 1.807) is 40.8 Å². The topological polar surface area (TPSA) is 78.9 Å². The number of halogens is 1. The van der Waals surface area contributed by atoms with Crippen LogP contribution in [0, 0.1) is 5.82 Å². The molecule has 0 N–H and O–H groups in total. The quantitative estimate of drug-likeness (QED) is 0.710. The highest BCUT2D eigenvalue weighted by molar-refractivity contribution is 7.09. The van der Waals surface area contributed by atoms with E-state index in [1.165, 1.54) is 23.7 Å². The maximum Gasteiger partial charge on any atom is 0.409 e. The van der Waals surface area contributed by atoms with Crippen molar-refractivity contribution in [3.8, 4) is 0 Å². The molecule has 1 saturated heterocycles. The minimum absolute atomic E-state index is 0.0220. The van der Waals surface area contributed by atoms with E-state index in [-0.39, 0.29) is 24.4 Å². The fraction of sp³-hybridized carbons (Fsp3) is 0.474. The standard InChI is InChI=1S/C19H24FN5O3S/c1-3-28-19(27)25-10-8-24(9-11-25)17(26)13-23(2)18-21-16(22-29-18)12-14-4-6-15(20)7-5-14/h4-7H,3,8-13H2,1-2H3. The molecule has 3 rings (SSSR count). The van der Waals surface area contributed by atoms with Gasteiger partial charge < -0.3 is 19.4 Å². The lowest BCUT2D eigenvalue weighted by molar-refractivity contribution is -0.131. The zero-order valence-electron chi connectivity index (χ0n) is 16.5. The number of rotatable bonds is 6. The van der Waals surface area contributed by atoms with Gasteiger partial charge in [0.15, 0.2) is 0 Å². The summed E-state index contributed by atoms with van der Waals surface area (Å²) in [5, 5.41) is 0.653. The Morgan fingerprint density at radius 2 is 1.83 bits per heavy atom. The molecule has 8 nitrogen and oxygen atoms in total. The molecule has 0 atom stereocenters. The van der Waals surface area contributed by atoms with Gasteiger partial charge in [-0.1, -0.05) is 12.1 Å². The summed E-state index contributed by atoms with van der Waals surface area (Å²) in [6.07, 6.45) is 0.174. The average molecular weight is 421 g/mol. The van der Waals surface area contributed by atoms with Crippen LogP contribution in [0.15, 0.2) is 24.3 Å². The van der Waals surface area contributed by atoms with Crippen molar-refractivity contribution in [2.75, 3.05) is 51.3 Å². The Labute approximate surface area is 173 Å². The van der Waals surface area contributed by atoms with E-state index in [4.69, 9.17) is 4.74 Å². The number of amides is 2. The second-order valence-electron chi connectivity index (χ2n) is 6.72. The van der Waals surface area contributed by atoms with Crippen molar-refractivity contribution >= 4 is 28.7 Å². The number of aromatic nitrogens is 2. The molecule has 0 saturated carbocycles. The summed E-state index contributed by atoms with van der Waals surface area (Å²) in [5.41, 5.74) is 0.925. The lowest BCUT2D eigenvalue weighted by atomic mass is 10.1. The Morgan fingerprint density at radius 3 is 2.48 bits per heavy atom. The third kappa shape index (κ3) is 5.63. The number of hydrogen-bond acceptors (Lipinski definition) is 7. The summed E-state index contributed by atoms with van der Waals surface area (Å²) in [7, 11) is 1.80. The van der Waals surface area contributed by atoms with Crippen molar-refractivity contribution < 1.29 is 18.7 Å². The lowest BCUT2D eigenvalue weighted by Gasteiger charge is -2.34. The maximum absolute atomic E-state index is 13.0. The summed E-state index contributed by atoms with van der Waals surface area (Å²) in [5.74, 6) is 0.340. The van der Waals surface area contributed by atoms with Gasteiger partial charge in [-0.3, -0.25) is 4.79 Å². The Bertz CT molecular complexity index is 837. The molecule has 0 spiro atoms. The zero-order chi connectivity index (χ0) is 20.8. The predicted octanol–water partition coefficient (Wildman–Crippen LogP) is 2.00. The first-order valence-electron chi connectivity index (χ1n) is 9.44. The highest BCUT2D eigenvalue weighted by atomic mass is 32.1. The summed E-state index contributed by atoms with van der Waals surface area (Å²) in [6, 6.07) is 6.24. The number of benzene rings is 1. The SMILES string of the molecule is CCOC(=O)N1CCN(C(=O)CN(C)c2nc(Cc3ccc(F)cc3)ns2)CC1. The molecule has 1 aromatic heterocycles. The fourth-order valence-electron chi connectivity index (χ4n) is 2.98. The van der Waals surface area contributed by atoms with Gasteiger partial charge in [0, 0.05) is 51.2 Å². The van der Waals surface area contributed by atoms with Gasteiger partial charge in [-0.05, 0) is 24.6 Å². The average Bonchev–Trinajstić information content (AvgIpc) is 3.18. The Balaban J connectivity index is 1.49. The maximum atomic E-state index is 13.0. The monoisotopic (exact) mass is 421 g/mol. The number of likely N-dealkylation sites (N-methyl/N-ethyl adjacent to an activating group) is 1. The molecule has 1 aliphatic heterocycles. The van der Waals surface area contributed by atoms with Gasteiger partial charge in [0.05, 0.1) is 13.2 Å². The van der Waals surface area contributed by atoms with Crippen LogP contribution in [0.1, 0.15) is 18.3 Å². The van der Waals surface area contributed by atoms with Crippen molar-refractivity contribution in [1.82, 2.24) is 19.2 Å². The van der Waals surface area contributed by atoms with Crippen molar-refractivity contribution in [3.05, 3.63) is 41.5 Å². The number of nitrogens with zero attached hydrogens (tertiary/aromatic N) is 5. The number of ether oxygens (including phenoxy) is 1. The van der Waals surface area contributed by atoms with Gasteiger partial charge in [-0.2, -0.15) is 4.37 Å². The fourth-order valence-corrected chi connectivity index (χ4v) is 3.62. The van der Waals surface area contributed by atoms with E-state index in [0.29, 0.717) is 50.2 Å². The molecule has 0 unspecified atom stereocenters. The molecule has 2 amide bonds. The molecule has 2 heterocycles. The van der Waals surface area contributed by atoms with Gasteiger partial charge in [-0.25, -0.2) is 14.2 Å². The molecule has 10 heteroatoms. The van der Waals surface area contributed by atoms with Crippen LogP contribution in [-0.4, -0.2) is 77.5 Å². The number of anilines is 1. The van der Waals surface area contributed by atoms with E-state index in [1.807, 2.05) is 0 Å². The van der Waals surface area contributed by atoms with Crippen LogP contribution in [0.4, 0.5) is 14.3 Å². The highest BCUT2D eigenvalue weighted by Gasteiger charge is 2.25. The second kappa shape index (κ2) is 9.64. The van der Waals surface area contributed by atoms with Crippen molar-refractivity contribution in [2.24, 2.45) is 0 Å². The molecular weight excluding hydrogens is 397 g/mol. The summed E-state index contributed by atoms with van der Waals surface area (Å²) in [6.45, 7) is 4.20. The predicted molar refractivity (Wildman–Crippen MR) is 108 cm³/mol. The van der Waals surface area contributed by atoms with E-state index < -0.39 is 0 Å². The summed E-state index contributed by atoms with van der Waals surface area (Å²) >= 11 is 1.23. The Morgan fingerprint density at radius 1 is 1.17 bits per heavy atom. The summed E-state index contributed by atoms with van der Waals surface area (Å²) in [4.78, 5) is 33.9. The second-order valence-corrected chi connectivity index (χ2v) is 7.45. The Hall–Kier alpha value is -2.75. The number of carbonyl (C=O) groups is 2. The van der Waals surface area contributed by atoms with Crippen LogP contribution in [0.3, 0.4) is 0 Å². The van der Waals surface area contributed by atoms with Gasteiger partial charge in [0.2, 0.25) is 11.0 Å². The van der Waals surface area contributed by atoms with E-state index >= 15 is 0 Å². The molecule has 0 aliphatic carbocycles. The normalized spacial score (nSPS) is 14.0. The molecule has 1 aliphatic rings. The molecule has 29 heavy (non-hydrogen) atoms. The van der Waals surface area contributed by atoms with Crippen LogP contribution in [-0.2, 0) is 16.0 Å². The molecule has 0 bridgehead atoms. The zero-order valence-corrected chi connectivity index (χ0v) is 17.3. The first kappa shape index (κ1) is 21.0. The van der Waals surface area contributed by atoms with E-state index in [9.17, 15) is 14.0 Å². The van der Waals surface area contributed by atoms with E-state index in [0.717, 1.165) is 5.56 Å². The third-order valence-electron chi connectivity index (χ3n) is 4.59. The molecule has 0 radical (unpaired) electrons. The van der Waals surface area contributed by atoms with Gasteiger partial charge in [0.1, 0.15) is 11.6 Å². The lowest BCUT2D eigenvalue weighted by Crippen LogP contribution is -2.52. The van der Waals surface area contributed by atoms with Crippen LogP contribution in [0.5, 0.6) is 0 Å². The first-order valence-corrected chi connectivity index (χ1v) is 10.2. The molecule has 1 aromatic carbocycles. The number of piperazine rings is 1. The molecular formula is C19H24FN5O3S. The minimum Gasteiger partial charge on any atom is -0.450 e. The Kier molecular flexibility index (Phi) is 6.97. The smallest absolute Gasteiger partial charge is 0.409 e. The number of carbonyl (C=O) groups excluding carboxylic acids is 2. The number of hydrogen-bond donors (Lipinski definition) is 0. The van der Waals surface area contributed by atoms with Gasteiger partial charge in [-0.15, -0.1) is 0 Å². The third-order valence-corrected chi connectivity index (χ3v) is 5.46. The van der Waals surface area contributed by atoms with Gasteiger partial charge >= 0.3 is 6.09 Å². The largest absolute Gasteiger partial charge is 0.450 e. The van der Waals surface area contributed by atoms with Crippen molar-refractivity contribution in [1.29, 1.82) is 0 Å². The van der Waals surface area contributed by atoms with Crippen LogP contribution < -0.4 is 4.90 Å². The minimum atomic E-state index is -0.334. The first-order chi connectivity index (χ1) is 14.0. The highest BCUT2D eigenvalue weighted by Crippen LogP contribution is 2.18. The summed E-state index contributed by atoms with van der Waals surface area (Å²) < 4.78 is 22.3. The molecule has 156 valence electrons. The molecule has 2 aromatic rings. The van der Waals surface area contributed by atoms with Crippen LogP contribution in [0.2, 0.25) is 0 Å².